The standard InChI is InChI=1S/C20H27N3O3/c1-15-8-9-16(19(14-15)26-13-12-25-3)21-20(24)23-11-5-7-18(23)17-6-4-10-22(17)2/h4,6,8-10,14,18H,5,7,11-13H2,1-3H3,(H,21,24). The van der Waals surface area contributed by atoms with Crippen LogP contribution in [-0.4, -0.2) is 42.4 Å². The van der Waals surface area contributed by atoms with Crippen molar-refractivity contribution in [1.82, 2.24) is 9.47 Å². The molecule has 1 fully saturated rings. The van der Waals surface area contributed by atoms with Crippen LogP contribution in [-0.2, 0) is 11.8 Å². The summed E-state index contributed by atoms with van der Waals surface area (Å²) < 4.78 is 12.9. The molecular formula is C20H27N3O3. The molecule has 2 heterocycles. The Balaban J connectivity index is 1.74. The summed E-state index contributed by atoms with van der Waals surface area (Å²) in [6.07, 6.45) is 4.01. The Hall–Kier alpha value is -2.47. The number of anilines is 1. The topological polar surface area (TPSA) is 55.7 Å². The molecule has 1 atom stereocenters. The van der Waals surface area contributed by atoms with Gasteiger partial charge in [-0.3, -0.25) is 0 Å². The maximum Gasteiger partial charge on any atom is 0.322 e. The van der Waals surface area contributed by atoms with Gasteiger partial charge in [0, 0.05) is 32.6 Å². The summed E-state index contributed by atoms with van der Waals surface area (Å²) in [6, 6.07) is 9.92. The zero-order valence-corrected chi connectivity index (χ0v) is 15.7. The van der Waals surface area contributed by atoms with Crippen LogP contribution in [0.1, 0.15) is 30.1 Å². The van der Waals surface area contributed by atoms with Crippen molar-refractivity contribution in [2.45, 2.75) is 25.8 Å². The summed E-state index contributed by atoms with van der Waals surface area (Å²) in [5, 5.41) is 3.03. The third kappa shape index (κ3) is 4.02. The van der Waals surface area contributed by atoms with E-state index in [2.05, 4.69) is 16.0 Å². The van der Waals surface area contributed by atoms with Crippen molar-refractivity contribution in [3.05, 3.63) is 47.8 Å². The number of carbonyl (C=O) groups is 1. The Morgan fingerprint density at radius 1 is 1.31 bits per heavy atom. The second-order valence-electron chi connectivity index (χ2n) is 6.67. The second kappa shape index (κ2) is 8.27. The number of aryl methyl sites for hydroxylation is 2. The van der Waals surface area contributed by atoms with Crippen LogP contribution in [0.3, 0.4) is 0 Å². The van der Waals surface area contributed by atoms with E-state index < -0.39 is 0 Å². The number of hydrogen-bond acceptors (Lipinski definition) is 3. The number of ether oxygens (including phenoxy) is 2. The fraction of sp³-hybridized carbons (Fsp3) is 0.450. The Kier molecular flexibility index (Phi) is 5.83. The summed E-state index contributed by atoms with van der Waals surface area (Å²) in [6.45, 7) is 3.70. The first-order valence-electron chi connectivity index (χ1n) is 9.01. The van der Waals surface area contributed by atoms with E-state index in [0.29, 0.717) is 24.7 Å². The molecule has 1 aliphatic rings. The SMILES string of the molecule is COCCOc1cc(C)ccc1NC(=O)N1CCCC1c1cccn1C. The van der Waals surface area contributed by atoms with E-state index in [1.165, 1.54) is 0 Å². The van der Waals surface area contributed by atoms with Gasteiger partial charge in [0.15, 0.2) is 0 Å². The molecule has 3 rings (SSSR count). The molecule has 1 N–H and O–H groups in total. The van der Waals surface area contributed by atoms with Crippen molar-refractivity contribution in [3.63, 3.8) is 0 Å². The van der Waals surface area contributed by atoms with Gasteiger partial charge in [0.1, 0.15) is 12.4 Å². The molecule has 2 amide bonds. The van der Waals surface area contributed by atoms with Crippen LogP contribution in [0.2, 0.25) is 0 Å². The third-order valence-corrected chi connectivity index (χ3v) is 4.76. The smallest absolute Gasteiger partial charge is 0.322 e. The van der Waals surface area contributed by atoms with Gasteiger partial charge in [0.2, 0.25) is 0 Å². The number of aromatic nitrogens is 1. The third-order valence-electron chi connectivity index (χ3n) is 4.76. The molecule has 26 heavy (non-hydrogen) atoms. The number of methoxy groups -OCH3 is 1. The highest BCUT2D eigenvalue weighted by atomic mass is 16.5. The van der Waals surface area contributed by atoms with Crippen molar-refractivity contribution in [3.8, 4) is 5.75 Å². The number of hydrogen-bond donors (Lipinski definition) is 1. The number of amides is 2. The molecule has 2 aromatic rings. The number of carbonyl (C=O) groups excluding carboxylic acids is 1. The van der Waals surface area contributed by atoms with Gasteiger partial charge >= 0.3 is 6.03 Å². The average Bonchev–Trinajstić information content (AvgIpc) is 3.25. The quantitative estimate of drug-likeness (QED) is 0.802. The molecule has 0 aliphatic carbocycles. The van der Waals surface area contributed by atoms with E-state index in [0.717, 1.165) is 30.6 Å². The summed E-state index contributed by atoms with van der Waals surface area (Å²) in [7, 11) is 3.66. The highest BCUT2D eigenvalue weighted by molar-refractivity contribution is 5.91. The van der Waals surface area contributed by atoms with Gasteiger partial charge in [0.25, 0.3) is 0 Å². The monoisotopic (exact) mass is 357 g/mol. The number of urea groups is 1. The predicted molar refractivity (Wildman–Crippen MR) is 102 cm³/mol. The van der Waals surface area contributed by atoms with Gasteiger partial charge < -0.3 is 24.3 Å². The lowest BCUT2D eigenvalue weighted by Gasteiger charge is -2.26. The Labute approximate surface area is 154 Å². The van der Waals surface area contributed by atoms with Crippen LogP contribution in [0.25, 0.3) is 0 Å². The van der Waals surface area contributed by atoms with Crippen molar-refractivity contribution < 1.29 is 14.3 Å². The lowest BCUT2D eigenvalue weighted by molar-refractivity contribution is 0.146. The largest absolute Gasteiger partial charge is 0.489 e. The summed E-state index contributed by atoms with van der Waals surface area (Å²) in [5.41, 5.74) is 2.94. The molecule has 6 heteroatoms. The van der Waals surface area contributed by atoms with Gasteiger partial charge in [-0.25, -0.2) is 4.79 Å². The lowest BCUT2D eigenvalue weighted by Crippen LogP contribution is -2.35. The van der Waals surface area contributed by atoms with Crippen molar-refractivity contribution in [2.75, 3.05) is 32.2 Å². The van der Waals surface area contributed by atoms with Crippen molar-refractivity contribution >= 4 is 11.7 Å². The zero-order chi connectivity index (χ0) is 18.5. The molecule has 0 bridgehead atoms. The van der Waals surface area contributed by atoms with Crippen LogP contribution in [0, 0.1) is 6.92 Å². The first-order chi connectivity index (χ1) is 12.6. The van der Waals surface area contributed by atoms with Gasteiger partial charge in [-0.1, -0.05) is 6.07 Å². The van der Waals surface area contributed by atoms with Crippen LogP contribution in [0.5, 0.6) is 5.75 Å². The molecule has 0 spiro atoms. The highest BCUT2D eigenvalue weighted by Crippen LogP contribution is 2.33. The number of nitrogens with zero attached hydrogens (tertiary/aromatic N) is 2. The maximum absolute atomic E-state index is 12.9. The Bertz CT molecular complexity index is 757. The fourth-order valence-corrected chi connectivity index (χ4v) is 3.41. The van der Waals surface area contributed by atoms with Gasteiger partial charge in [0.05, 0.1) is 18.3 Å². The van der Waals surface area contributed by atoms with E-state index in [-0.39, 0.29) is 12.1 Å². The molecule has 6 nitrogen and oxygen atoms in total. The summed E-state index contributed by atoms with van der Waals surface area (Å²) in [4.78, 5) is 14.8. The zero-order valence-electron chi connectivity index (χ0n) is 15.7. The minimum atomic E-state index is -0.0888. The van der Waals surface area contributed by atoms with Crippen molar-refractivity contribution in [1.29, 1.82) is 0 Å². The van der Waals surface area contributed by atoms with Gasteiger partial charge in [-0.05, 0) is 49.6 Å². The van der Waals surface area contributed by atoms with Crippen LogP contribution >= 0.6 is 0 Å². The molecule has 0 radical (unpaired) electrons. The van der Waals surface area contributed by atoms with E-state index in [4.69, 9.17) is 9.47 Å². The summed E-state index contributed by atoms with van der Waals surface area (Å²) in [5.74, 6) is 0.671. The van der Waals surface area contributed by atoms with Crippen LogP contribution < -0.4 is 10.1 Å². The number of rotatable bonds is 6. The lowest BCUT2D eigenvalue weighted by atomic mass is 10.1. The molecule has 1 aromatic carbocycles. The van der Waals surface area contributed by atoms with Crippen LogP contribution in [0.15, 0.2) is 36.5 Å². The summed E-state index contributed by atoms with van der Waals surface area (Å²) >= 11 is 0. The van der Waals surface area contributed by atoms with E-state index >= 15 is 0 Å². The molecule has 1 aliphatic heterocycles. The maximum atomic E-state index is 12.9. The predicted octanol–water partition coefficient (Wildman–Crippen LogP) is 3.73. The molecule has 1 unspecified atom stereocenters. The van der Waals surface area contributed by atoms with Gasteiger partial charge in [-0.2, -0.15) is 0 Å². The van der Waals surface area contributed by atoms with Crippen LogP contribution in [0.4, 0.5) is 10.5 Å². The highest BCUT2D eigenvalue weighted by Gasteiger charge is 2.31. The van der Waals surface area contributed by atoms with E-state index in [1.54, 1.807) is 7.11 Å². The number of likely N-dealkylation sites (tertiary alicyclic amines) is 1. The second-order valence-corrected chi connectivity index (χ2v) is 6.67. The fourth-order valence-electron chi connectivity index (χ4n) is 3.41. The molecule has 140 valence electrons. The first kappa shape index (κ1) is 18.3. The molecule has 1 aromatic heterocycles. The van der Waals surface area contributed by atoms with E-state index in [9.17, 15) is 4.79 Å². The average molecular weight is 357 g/mol. The number of benzene rings is 1. The Morgan fingerprint density at radius 3 is 2.88 bits per heavy atom. The Morgan fingerprint density at radius 2 is 2.15 bits per heavy atom. The molecular weight excluding hydrogens is 330 g/mol. The van der Waals surface area contributed by atoms with Gasteiger partial charge in [-0.15, -0.1) is 0 Å². The first-order valence-corrected chi connectivity index (χ1v) is 9.01. The molecule has 0 saturated carbocycles. The van der Waals surface area contributed by atoms with Crippen molar-refractivity contribution in [2.24, 2.45) is 7.05 Å². The minimum absolute atomic E-state index is 0.0888. The number of nitrogens with one attached hydrogen (secondary N) is 1. The normalized spacial score (nSPS) is 16.7. The van der Waals surface area contributed by atoms with E-state index in [1.807, 2.05) is 49.3 Å². The molecule has 1 saturated heterocycles. The minimum Gasteiger partial charge on any atom is -0.489 e.